The van der Waals surface area contributed by atoms with Gasteiger partial charge in [0, 0.05) is 36.2 Å². The maximum atomic E-state index is 14.1. The number of amides is 2. The number of hydrogen-bond acceptors (Lipinski definition) is 4. The van der Waals surface area contributed by atoms with Crippen molar-refractivity contribution >= 4 is 17.8 Å². The number of fused-ring (bicyclic) bond motifs is 1. The van der Waals surface area contributed by atoms with E-state index >= 15 is 0 Å². The lowest BCUT2D eigenvalue weighted by atomic mass is 10.1. The second-order valence-corrected chi connectivity index (χ2v) is 7.96. The SMILES string of the molecule is O=C(NCc1ccc2c(c1)OCO2)N1CCSC(c2cc(F)ccc2F)CC1. The van der Waals surface area contributed by atoms with Crippen molar-refractivity contribution in [1.29, 1.82) is 0 Å². The summed E-state index contributed by atoms with van der Waals surface area (Å²) >= 11 is 1.55. The third kappa shape index (κ3) is 4.16. The zero-order valence-electron chi connectivity index (χ0n) is 15.1. The number of urea groups is 1. The van der Waals surface area contributed by atoms with Crippen LogP contribution in [0.3, 0.4) is 0 Å². The first-order chi connectivity index (χ1) is 13.6. The standard InChI is InChI=1S/C20H20F2N2O3S/c21-14-2-3-16(22)15(10-14)19-5-6-24(7-8-28-19)20(25)23-11-13-1-4-17-18(9-13)27-12-26-17/h1-4,9-10,19H,5-8,11-12H2,(H,23,25). The molecule has 1 saturated heterocycles. The monoisotopic (exact) mass is 406 g/mol. The molecule has 0 aromatic heterocycles. The Kier molecular flexibility index (Phi) is 5.57. The van der Waals surface area contributed by atoms with Gasteiger partial charge < -0.3 is 19.7 Å². The molecular weight excluding hydrogens is 386 g/mol. The highest BCUT2D eigenvalue weighted by molar-refractivity contribution is 7.99. The number of benzene rings is 2. The molecule has 0 aliphatic carbocycles. The van der Waals surface area contributed by atoms with E-state index in [1.807, 2.05) is 18.2 Å². The van der Waals surface area contributed by atoms with Gasteiger partial charge >= 0.3 is 6.03 Å². The molecule has 0 spiro atoms. The van der Waals surface area contributed by atoms with Crippen molar-refractivity contribution in [2.75, 3.05) is 25.6 Å². The topological polar surface area (TPSA) is 50.8 Å². The van der Waals surface area contributed by atoms with Crippen LogP contribution in [-0.4, -0.2) is 36.6 Å². The van der Waals surface area contributed by atoms with Gasteiger partial charge in [-0.2, -0.15) is 11.8 Å². The maximum absolute atomic E-state index is 14.1. The van der Waals surface area contributed by atoms with E-state index in [0.717, 1.165) is 17.7 Å². The second kappa shape index (κ2) is 8.26. The third-order valence-electron chi connectivity index (χ3n) is 4.81. The number of ether oxygens (including phenoxy) is 2. The van der Waals surface area contributed by atoms with E-state index in [-0.39, 0.29) is 18.1 Å². The Bertz CT molecular complexity index is 881. The highest BCUT2D eigenvalue weighted by Gasteiger charge is 2.24. The largest absolute Gasteiger partial charge is 0.454 e. The fourth-order valence-corrected chi connectivity index (χ4v) is 4.57. The molecule has 1 fully saturated rings. The average molecular weight is 406 g/mol. The molecule has 2 aromatic rings. The zero-order chi connectivity index (χ0) is 19.5. The number of rotatable bonds is 3. The van der Waals surface area contributed by atoms with Crippen molar-refractivity contribution in [2.45, 2.75) is 18.2 Å². The Hall–Kier alpha value is -2.48. The van der Waals surface area contributed by atoms with E-state index < -0.39 is 11.6 Å². The number of thioether (sulfide) groups is 1. The van der Waals surface area contributed by atoms with Gasteiger partial charge in [0.15, 0.2) is 11.5 Å². The number of halogens is 2. The Balaban J connectivity index is 1.33. The summed E-state index contributed by atoms with van der Waals surface area (Å²) in [7, 11) is 0. The quantitative estimate of drug-likeness (QED) is 0.835. The highest BCUT2D eigenvalue weighted by atomic mass is 32.2. The van der Waals surface area contributed by atoms with Crippen molar-refractivity contribution in [3.05, 3.63) is 59.2 Å². The van der Waals surface area contributed by atoms with E-state index in [9.17, 15) is 13.6 Å². The molecule has 2 aromatic carbocycles. The third-order valence-corrected chi connectivity index (χ3v) is 6.12. The van der Waals surface area contributed by atoms with Gasteiger partial charge in [-0.1, -0.05) is 6.07 Å². The average Bonchev–Trinajstić information content (AvgIpc) is 3.03. The molecule has 28 heavy (non-hydrogen) atoms. The maximum Gasteiger partial charge on any atom is 0.317 e. The lowest BCUT2D eigenvalue weighted by molar-refractivity contribution is 0.174. The molecule has 1 atom stereocenters. The number of nitrogens with one attached hydrogen (secondary N) is 1. The van der Waals surface area contributed by atoms with Crippen molar-refractivity contribution < 1.29 is 23.0 Å². The molecule has 8 heteroatoms. The molecule has 0 radical (unpaired) electrons. The summed E-state index contributed by atoms with van der Waals surface area (Å²) in [5.74, 6) is 1.20. The lowest BCUT2D eigenvalue weighted by Gasteiger charge is -2.21. The molecule has 5 nitrogen and oxygen atoms in total. The minimum atomic E-state index is -0.445. The summed E-state index contributed by atoms with van der Waals surface area (Å²) in [5, 5.41) is 2.75. The van der Waals surface area contributed by atoms with Crippen LogP contribution >= 0.6 is 11.8 Å². The van der Waals surface area contributed by atoms with E-state index in [0.29, 0.717) is 48.9 Å². The van der Waals surface area contributed by atoms with E-state index in [4.69, 9.17) is 9.47 Å². The predicted molar refractivity (Wildman–Crippen MR) is 103 cm³/mol. The van der Waals surface area contributed by atoms with Crippen LogP contribution in [0.25, 0.3) is 0 Å². The Morgan fingerprint density at radius 3 is 2.89 bits per heavy atom. The number of carbonyl (C=O) groups is 1. The Labute approximate surface area is 166 Å². The Morgan fingerprint density at radius 2 is 2.00 bits per heavy atom. The van der Waals surface area contributed by atoms with E-state index in [1.54, 1.807) is 16.7 Å². The van der Waals surface area contributed by atoms with Gasteiger partial charge in [0.05, 0.1) is 0 Å². The van der Waals surface area contributed by atoms with Crippen LogP contribution in [0.2, 0.25) is 0 Å². The molecular formula is C20H20F2N2O3S. The molecule has 0 bridgehead atoms. The van der Waals surface area contributed by atoms with Crippen molar-refractivity contribution in [3.8, 4) is 11.5 Å². The van der Waals surface area contributed by atoms with Crippen LogP contribution in [0.4, 0.5) is 13.6 Å². The molecule has 2 aliphatic heterocycles. The predicted octanol–water partition coefficient (Wildman–Crippen LogP) is 4.08. The molecule has 1 N–H and O–H groups in total. The zero-order valence-corrected chi connectivity index (χ0v) is 15.9. The van der Waals surface area contributed by atoms with Crippen LogP contribution in [0.15, 0.2) is 36.4 Å². The summed E-state index contributed by atoms with van der Waals surface area (Å²) in [5.41, 5.74) is 1.29. The fraction of sp³-hybridized carbons (Fsp3) is 0.350. The molecule has 0 saturated carbocycles. The first-order valence-electron chi connectivity index (χ1n) is 9.08. The first-order valence-corrected chi connectivity index (χ1v) is 10.1. The lowest BCUT2D eigenvalue weighted by Crippen LogP contribution is -2.40. The molecule has 2 heterocycles. The number of carbonyl (C=O) groups excluding carboxylic acids is 1. The van der Waals surface area contributed by atoms with Gasteiger partial charge in [-0.25, -0.2) is 13.6 Å². The van der Waals surface area contributed by atoms with Crippen molar-refractivity contribution in [1.82, 2.24) is 10.2 Å². The van der Waals surface area contributed by atoms with E-state index in [1.165, 1.54) is 6.07 Å². The molecule has 4 rings (SSSR count). The van der Waals surface area contributed by atoms with Crippen LogP contribution in [-0.2, 0) is 6.54 Å². The fourth-order valence-electron chi connectivity index (χ4n) is 3.32. The van der Waals surface area contributed by atoms with Crippen LogP contribution in [0.5, 0.6) is 11.5 Å². The summed E-state index contributed by atoms with van der Waals surface area (Å²) < 4.78 is 38.2. The smallest absolute Gasteiger partial charge is 0.317 e. The molecule has 2 aliphatic rings. The summed E-state index contributed by atoms with van der Waals surface area (Å²) in [6.45, 7) is 1.64. The van der Waals surface area contributed by atoms with Crippen LogP contribution in [0.1, 0.15) is 22.8 Å². The van der Waals surface area contributed by atoms with Gasteiger partial charge in [-0.05, 0) is 42.3 Å². The van der Waals surface area contributed by atoms with Crippen molar-refractivity contribution in [2.24, 2.45) is 0 Å². The van der Waals surface area contributed by atoms with Gasteiger partial charge in [0.1, 0.15) is 11.6 Å². The molecule has 2 amide bonds. The second-order valence-electron chi connectivity index (χ2n) is 6.65. The van der Waals surface area contributed by atoms with Gasteiger partial charge in [-0.3, -0.25) is 0 Å². The highest BCUT2D eigenvalue weighted by Crippen LogP contribution is 2.36. The first kappa shape index (κ1) is 18.9. The Morgan fingerprint density at radius 1 is 1.14 bits per heavy atom. The van der Waals surface area contributed by atoms with Gasteiger partial charge in [0.25, 0.3) is 0 Å². The van der Waals surface area contributed by atoms with Crippen LogP contribution in [0, 0.1) is 11.6 Å². The van der Waals surface area contributed by atoms with Crippen molar-refractivity contribution in [3.63, 3.8) is 0 Å². The number of hydrogen-bond donors (Lipinski definition) is 1. The minimum Gasteiger partial charge on any atom is -0.454 e. The summed E-state index contributed by atoms with van der Waals surface area (Å²) in [6.07, 6.45) is 0.572. The van der Waals surface area contributed by atoms with Gasteiger partial charge in [-0.15, -0.1) is 0 Å². The summed E-state index contributed by atoms with van der Waals surface area (Å²) in [4.78, 5) is 14.3. The molecule has 148 valence electrons. The number of nitrogens with zero attached hydrogens (tertiary/aromatic N) is 1. The van der Waals surface area contributed by atoms with Gasteiger partial charge in [0.2, 0.25) is 6.79 Å². The minimum absolute atomic E-state index is 0.164. The van der Waals surface area contributed by atoms with Crippen LogP contribution < -0.4 is 14.8 Å². The van der Waals surface area contributed by atoms with E-state index in [2.05, 4.69) is 5.32 Å². The molecule has 1 unspecified atom stereocenters. The normalized spacial score (nSPS) is 18.6. The summed E-state index contributed by atoms with van der Waals surface area (Å²) in [6, 6.07) is 8.92.